The van der Waals surface area contributed by atoms with Gasteiger partial charge >= 0.3 is 5.97 Å². The Kier molecular flexibility index (Phi) is 5.33. The quantitative estimate of drug-likeness (QED) is 0.844. The molecule has 0 radical (unpaired) electrons. The summed E-state index contributed by atoms with van der Waals surface area (Å²) in [6.07, 6.45) is 0.0430. The molecule has 0 saturated carbocycles. The average molecular weight is 345 g/mol. The topological polar surface area (TPSA) is 79.3 Å². The second-order valence-electron chi connectivity index (χ2n) is 4.49. The summed E-state index contributed by atoms with van der Waals surface area (Å²) < 4.78 is 0.696. The van der Waals surface area contributed by atoms with Crippen LogP contribution in [0.25, 0.3) is 9.88 Å². The third-order valence-electron chi connectivity index (χ3n) is 2.57. The van der Waals surface area contributed by atoms with Crippen molar-refractivity contribution in [3.8, 4) is 9.88 Å². The van der Waals surface area contributed by atoms with Crippen LogP contribution in [0.2, 0.25) is 4.34 Å². The number of nitrogens with zero attached hydrogens (tertiary/aromatic N) is 1. The maximum absolute atomic E-state index is 11.8. The fraction of sp³-hybridized carbons (Fsp3) is 0.308. The van der Waals surface area contributed by atoms with Gasteiger partial charge in [0.1, 0.15) is 5.01 Å². The number of carboxylic acid groups (broad SMARTS) is 1. The van der Waals surface area contributed by atoms with Crippen molar-refractivity contribution < 1.29 is 14.7 Å². The highest BCUT2D eigenvalue weighted by molar-refractivity contribution is 7.23. The van der Waals surface area contributed by atoms with Gasteiger partial charge in [-0.1, -0.05) is 11.6 Å². The monoisotopic (exact) mass is 344 g/mol. The molecule has 0 aromatic carbocycles. The molecule has 2 aromatic heterocycles. The lowest BCUT2D eigenvalue weighted by atomic mass is 10.2. The molecule has 112 valence electrons. The predicted octanol–water partition coefficient (Wildman–Crippen LogP) is 3.05. The van der Waals surface area contributed by atoms with Gasteiger partial charge in [0.25, 0.3) is 0 Å². The van der Waals surface area contributed by atoms with Gasteiger partial charge in [0, 0.05) is 11.4 Å². The van der Waals surface area contributed by atoms with Crippen LogP contribution < -0.4 is 5.32 Å². The number of thiophene rings is 1. The molecule has 1 amide bonds. The van der Waals surface area contributed by atoms with Crippen molar-refractivity contribution >= 4 is 46.2 Å². The van der Waals surface area contributed by atoms with Gasteiger partial charge in [-0.05, 0) is 19.1 Å². The van der Waals surface area contributed by atoms with Crippen LogP contribution in [0.4, 0.5) is 0 Å². The van der Waals surface area contributed by atoms with E-state index in [1.807, 2.05) is 17.5 Å². The highest BCUT2D eigenvalue weighted by atomic mass is 35.5. The molecule has 5 nitrogen and oxygen atoms in total. The van der Waals surface area contributed by atoms with E-state index in [1.165, 1.54) is 22.7 Å². The zero-order valence-corrected chi connectivity index (χ0v) is 13.5. The molecule has 0 spiro atoms. The fourth-order valence-electron chi connectivity index (χ4n) is 1.73. The van der Waals surface area contributed by atoms with Crippen LogP contribution in [-0.4, -0.2) is 28.0 Å². The van der Waals surface area contributed by atoms with E-state index < -0.39 is 12.0 Å². The smallest absolute Gasteiger partial charge is 0.305 e. The van der Waals surface area contributed by atoms with Crippen LogP contribution in [0.1, 0.15) is 19.0 Å². The van der Waals surface area contributed by atoms with E-state index in [9.17, 15) is 9.59 Å². The Bertz CT molecular complexity index is 653. The van der Waals surface area contributed by atoms with Crippen molar-refractivity contribution in [2.45, 2.75) is 25.8 Å². The van der Waals surface area contributed by atoms with E-state index in [1.54, 1.807) is 6.92 Å². The minimum atomic E-state index is -0.937. The SMILES string of the molecule is CC(CC(=O)O)NC(=O)Cc1csc(-c2ccc(Cl)s2)n1. The summed E-state index contributed by atoms with van der Waals surface area (Å²) in [4.78, 5) is 27.7. The molecule has 0 bridgehead atoms. The summed E-state index contributed by atoms with van der Waals surface area (Å²) in [6, 6.07) is 3.30. The average Bonchev–Trinajstić information content (AvgIpc) is 2.96. The number of hydrogen-bond acceptors (Lipinski definition) is 5. The number of halogens is 1. The first kappa shape index (κ1) is 15.9. The maximum atomic E-state index is 11.8. The van der Waals surface area contributed by atoms with E-state index in [0.717, 1.165) is 9.88 Å². The number of carbonyl (C=O) groups is 2. The first-order valence-electron chi connectivity index (χ1n) is 6.15. The Balaban J connectivity index is 1.93. The molecule has 0 saturated heterocycles. The predicted molar refractivity (Wildman–Crippen MR) is 84.0 cm³/mol. The van der Waals surface area contributed by atoms with Gasteiger partial charge in [0.2, 0.25) is 5.91 Å². The van der Waals surface area contributed by atoms with E-state index in [2.05, 4.69) is 10.3 Å². The number of carboxylic acids is 1. The number of carbonyl (C=O) groups excluding carboxylic acids is 1. The number of hydrogen-bond donors (Lipinski definition) is 2. The molecule has 2 rings (SSSR count). The summed E-state index contributed by atoms with van der Waals surface area (Å²) >= 11 is 8.78. The molecule has 0 fully saturated rings. The molecular weight excluding hydrogens is 332 g/mol. The molecule has 21 heavy (non-hydrogen) atoms. The van der Waals surface area contributed by atoms with Crippen molar-refractivity contribution in [3.05, 3.63) is 27.5 Å². The highest BCUT2D eigenvalue weighted by Crippen LogP contribution is 2.32. The Hall–Kier alpha value is -1.44. The fourth-order valence-corrected chi connectivity index (χ4v) is 3.67. The lowest BCUT2D eigenvalue weighted by Gasteiger charge is -2.10. The number of nitrogens with one attached hydrogen (secondary N) is 1. The van der Waals surface area contributed by atoms with Crippen molar-refractivity contribution in [1.82, 2.24) is 10.3 Å². The molecule has 8 heteroatoms. The molecule has 2 aromatic rings. The van der Waals surface area contributed by atoms with Crippen LogP contribution >= 0.6 is 34.3 Å². The molecule has 2 heterocycles. The minimum absolute atomic E-state index is 0.0955. The summed E-state index contributed by atoms with van der Waals surface area (Å²) in [5, 5.41) is 13.9. The van der Waals surface area contributed by atoms with Crippen LogP contribution in [0.5, 0.6) is 0 Å². The van der Waals surface area contributed by atoms with E-state index >= 15 is 0 Å². The number of aliphatic carboxylic acids is 1. The van der Waals surface area contributed by atoms with Crippen molar-refractivity contribution in [2.24, 2.45) is 0 Å². The molecular formula is C13H13ClN2O3S2. The zero-order chi connectivity index (χ0) is 15.4. The van der Waals surface area contributed by atoms with Gasteiger partial charge in [0.05, 0.1) is 27.7 Å². The van der Waals surface area contributed by atoms with Gasteiger partial charge in [-0.2, -0.15) is 0 Å². The first-order valence-corrected chi connectivity index (χ1v) is 8.22. The van der Waals surface area contributed by atoms with Crippen molar-refractivity contribution in [2.75, 3.05) is 0 Å². The van der Waals surface area contributed by atoms with Crippen LogP contribution in [-0.2, 0) is 16.0 Å². The summed E-state index contributed by atoms with van der Waals surface area (Å²) in [5.41, 5.74) is 0.666. The van der Waals surface area contributed by atoms with Gasteiger partial charge in [-0.3, -0.25) is 9.59 Å². The lowest BCUT2D eigenvalue weighted by molar-refractivity contribution is -0.137. The summed E-state index contributed by atoms with van der Waals surface area (Å²) in [7, 11) is 0. The molecule has 0 aliphatic carbocycles. The third kappa shape index (κ3) is 4.80. The van der Waals surface area contributed by atoms with Crippen LogP contribution in [0.15, 0.2) is 17.5 Å². The van der Waals surface area contributed by atoms with Crippen LogP contribution in [0.3, 0.4) is 0 Å². The Morgan fingerprint density at radius 1 is 1.48 bits per heavy atom. The Morgan fingerprint density at radius 2 is 2.24 bits per heavy atom. The van der Waals surface area contributed by atoms with E-state index in [-0.39, 0.29) is 18.7 Å². The van der Waals surface area contributed by atoms with Gasteiger partial charge < -0.3 is 10.4 Å². The number of rotatable bonds is 6. The summed E-state index contributed by atoms with van der Waals surface area (Å²) in [5.74, 6) is -1.17. The number of amides is 1. The van der Waals surface area contributed by atoms with Crippen molar-refractivity contribution in [1.29, 1.82) is 0 Å². The number of thiazole rings is 1. The maximum Gasteiger partial charge on any atom is 0.305 e. The van der Waals surface area contributed by atoms with E-state index in [0.29, 0.717) is 10.0 Å². The molecule has 0 aliphatic heterocycles. The largest absolute Gasteiger partial charge is 0.481 e. The van der Waals surface area contributed by atoms with Gasteiger partial charge in [-0.15, -0.1) is 22.7 Å². The van der Waals surface area contributed by atoms with E-state index in [4.69, 9.17) is 16.7 Å². The second kappa shape index (κ2) is 7.02. The summed E-state index contributed by atoms with van der Waals surface area (Å²) in [6.45, 7) is 1.66. The van der Waals surface area contributed by atoms with Crippen LogP contribution in [0, 0.1) is 0 Å². The number of aromatic nitrogens is 1. The third-order valence-corrected chi connectivity index (χ3v) is 4.86. The lowest BCUT2D eigenvalue weighted by Crippen LogP contribution is -2.35. The highest BCUT2D eigenvalue weighted by Gasteiger charge is 2.14. The molecule has 1 atom stereocenters. The Labute approximate surface area is 134 Å². The van der Waals surface area contributed by atoms with Gasteiger partial charge in [-0.25, -0.2) is 4.98 Å². The first-order chi connectivity index (χ1) is 9.94. The molecule has 2 N–H and O–H groups in total. The zero-order valence-electron chi connectivity index (χ0n) is 11.1. The Morgan fingerprint density at radius 3 is 2.86 bits per heavy atom. The van der Waals surface area contributed by atoms with Crippen molar-refractivity contribution in [3.63, 3.8) is 0 Å². The second-order valence-corrected chi connectivity index (χ2v) is 7.06. The molecule has 1 unspecified atom stereocenters. The van der Waals surface area contributed by atoms with Gasteiger partial charge in [0.15, 0.2) is 0 Å². The standard InChI is InChI=1S/C13H13ClN2O3S2/c1-7(4-12(18)19)15-11(17)5-8-6-20-13(16-8)9-2-3-10(14)21-9/h2-3,6-7H,4-5H2,1H3,(H,15,17)(H,18,19). The molecule has 0 aliphatic rings. The minimum Gasteiger partial charge on any atom is -0.481 e. The normalized spacial score (nSPS) is 12.1.